The van der Waals surface area contributed by atoms with Gasteiger partial charge in [-0.2, -0.15) is 5.26 Å². The predicted molar refractivity (Wildman–Crippen MR) is 45.3 cm³/mol. The van der Waals surface area contributed by atoms with Crippen LogP contribution in [0.2, 0.25) is 0 Å². The zero-order chi connectivity index (χ0) is 8.43. The van der Waals surface area contributed by atoms with E-state index < -0.39 is 0 Å². The molecule has 0 aliphatic rings. The van der Waals surface area contributed by atoms with E-state index in [2.05, 4.69) is 15.9 Å². The third-order valence-electron chi connectivity index (χ3n) is 1.36. The number of rotatable bonds is 0. The highest BCUT2D eigenvalue weighted by molar-refractivity contribution is 9.10. The van der Waals surface area contributed by atoms with E-state index in [-0.39, 0.29) is 5.75 Å². The Hall–Kier alpha value is -1.01. The van der Waals surface area contributed by atoms with Gasteiger partial charge in [-0.15, -0.1) is 0 Å². The van der Waals surface area contributed by atoms with Gasteiger partial charge < -0.3 is 5.11 Å². The maximum Gasteiger partial charge on any atom is 0.131 e. The standard InChI is InChI=1S/C8H6BrNO/c1-5-2-6(4-10)3-7(11)8(5)9/h2-3,11H,1H3. The van der Waals surface area contributed by atoms with Gasteiger partial charge in [0.25, 0.3) is 0 Å². The average molecular weight is 212 g/mol. The van der Waals surface area contributed by atoms with Crippen LogP contribution in [-0.2, 0) is 0 Å². The first kappa shape index (κ1) is 8.09. The van der Waals surface area contributed by atoms with Gasteiger partial charge in [0.2, 0.25) is 0 Å². The predicted octanol–water partition coefficient (Wildman–Crippen LogP) is 2.33. The molecule has 0 unspecified atom stereocenters. The number of nitrogens with zero attached hydrogens (tertiary/aromatic N) is 1. The van der Waals surface area contributed by atoms with E-state index in [9.17, 15) is 5.11 Å². The maximum atomic E-state index is 9.21. The summed E-state index contributed by atoms with van der Waals surface area (Å²) in [6.45, 7) is 1.82. The van der Waals surface area contributed by atoms with Crippen LogP contribution in [0.4, 0.5) is 0 Å². The second-order valence-electron chi connectivity index (χ2n) is 2.24. The van der Waals surface area contributed by atoms with Crippen molar-refractivity contribution in [3.63, 3.8) is 0 Å². The number of benzene rings is 1. The number of phenolic OH excluding ortho intramolecular Hbond substituents is 1. The van der Waals surface area contributed by atoms with E-state index in [1.165, 1.54) is 6.07 Å². The van der Waals surface area contributed by atoms with Crippen molar-refractivity contribution in [2.45, 2.75) is 6.92 Å². The molecule has 0 saturated heterocycles. The molecule has 11 heavy (non-hydrogen) atoms. The number of hydrogen-bond donors (Lipinski definition) is 1. The summed E-state index contributed by atoms with van der Waals surface area (Å²) in [4.78, 5) is 0. The molecule has 1 aromatic carbocycles. The molecule has 56 valence electrons. The molecule has 0 radical (unpaired) electrons. The molecule has 0 aliphatic carbocycles. The number of hydrogen-bond acceptors (Lipinski definition) is 2. The van der Waals surface area contributed by atoms with Gasteiger partial charge in [-0.05, 0) is 40.5 Å². The van der Waals surface area contributed by atoms with Crippen molar-refractivity contribution in [1.29, 1.82) is 5.26 Å². The summed E-state index contributed by atoms with van der Waals surface area (Å²) in [5.74, 6) is 0.113. The zero-order valence-corrected chi connectivity index (χ0v) is 7.51. The van der Waals surface area contributed by atoms with E-state index in [1.54, 1.807) is 6.07 Å². The Morgan fingerprint density at radius 3 is 2.64 bits per heavy atom. The Morgan fingerprint density at radius 1 is 1.55 bits per heavy atom. The minimum atomic E-state index is 0.113. The van der Waals surface area contributed by atoms with Crippen LogP contribution < -0.4 is 0 Å². The molecule has 0 heterocycles. The van der Waals surface area contributed by atoms with Crippen molar-refractivity contribution in [2.24, 2.45) is 0 Å². The van der Waals surface area contributed by atoms with Gasteiger partial charge in [-0.3, -0.25) is 0 Å². The summed E-state index contributed by atoms with van der Waals surface area (Å²) in [6, 6.07) is 5.09. The van der Waals surface area contributed by atoms with Crippen molar-refractivity contribution >= 4 is 15.9 Å². The zero-order valence-electron chi connectivity index (χ0n) is 5.93. The Kier molecular flexibility index (Phi) is 2.16. The number of phenols is 1. The SMILES string of the molecule is Cc1cc(C#N)cc(O)c1Br. The summed E-state index contributed by atoms with van der Waals surface area (Å²) in [6.07, 6.45) is 0. The molecule has 1 aromatic rings. The Bertz CT molecular complexity index is 304. The van der Waals surface area contributed by atoms with Crippen molar-refractivity contribution < 1.29 is 5.11 Å². The molecular weight excluding hydrogens is 206 g/mol. The summed E-state index contributed by atoms with van der Waals surface area (Å²) in [7, 11) is 0. The maximum absolute atomic E-state index is 9.21. The van der Waals surface area contributed by atoms with E-state index in [0.717, 1.165) is 5.56 Å². The quantitative estimate of drug-likeness (QED) is 0.717. The van der Waals surface area contributed by atoms with Crippen LogP contribution >= 0.6 is 15.9 Å². The van der Waals surface area contributed by atoms with Crippen molar-refractivity contribution in [1.82, 2.24) is 0 Å². The first-order valence-electron chi connectivity index (χ1n) is 3.04. The smallest absolute Gasteiger partial charge is 0.131 e. The lowest BCUT2D eigenvalue weighted by atomic mass is 10.1. The molecule has 0 amide bonds. The second kappa shape index (κ2) is 2.93. The minimum absolute atomic E-state index is 0.113. The molecular formula is C8H6BrNO. The summed E-state index contributed by atoms with van der Waals surface area (Å²) in [5, 5.41) is 17.7. The van der Waals surface area contributed by atoms with Crippen molar-refractivity contribution in [3.05, 3.63) is 27.7 Å². The lowest BCUT2D eigenvalue weighted by Crippen LogP contribution is -1.80. The first-order chi connectivity index (χ1) is 5.15. The normalized spacial score (nSPS) is 9.18. The van der Waals surface area contributed by atoms with Crippen LogP contribution in [0.1, 0.15) is 11.1 Å². The van der Waals surface area contributed by atoms with Crippen LogP contribution in [0.25, 0.3) is 0 Å². The molecule has 0 bridgehead atoms. The number of halogens is 1. The Balaban J connectivity index is 3.35. The van der Waals surface area contributed by atoms with Crippen LogP contribution in [0.15, 0.2) is 16.6 Å². The number of aromatic hydroxyl groups is 1. The van der Waals surface area contributed by atoms with Crippen LogP contribution in [0.5, 0.6) is 5.75 Å². The monoisotopic (exact) mass is 211 g/mol. The highest BCUT2D eigenvalue weighted by Crippen LogP contribution is 2.28. The van der Waals surface area contributed by atoms with Crippen molar-refractivity contribution in [2.75, 3.05) is 0 Å². The van der Waals surface area contributed by atoms with E-state index >= 15 is 0 Å². The largest absolute Gasteiger partial charge is 0.507 e. The molecule has 0 aromatic heterocycles. The summed E-state index contributed by atoms with van der Waals surface area (Å²) < 4.78 is 0.650. The van der Waals surface area contributed by atoms with Gasteiger partial charge in [-0.25, -0.2) is 0 Å². The highest BCUT2D eigenvalue weighted by atomic mass is 79.9. The molecule has 0 fully saturated rings. The van der Waals surface area contributed by atoms with Crippen LogP contribution in [-0.4, -0.2) is 5.11 Å². The lowest BCUT2D eigenvalue weighted by molar-refractivity contribution is 0.471. The van der Waals surface area contributed by atoms with Crippen LogP contribution in [0, 0.1) is 18.3 Å². The fraction of sp³-hybridized carbons (Fsp3) is 0.125. The van der Waals surface area contributed by atoms with Gasteiger partial charge in [-0.1, -0.05) is 0 Å². The first-order valence-corrected chi connectivity index (χ1v) is 3.83. The molecule has 0 spiro atoms. The van der Waals surface area contributed by atoms with Gasteiger partial charge in [0, 0.05) is 0 Å². The molecule has 0 atom stereocenters. The minimum Gasteiger partial charge on any atom is -0.507 e. The van der Waals surface area contributed by atoms with Crippen molar-refractivity contribution in [3.8, 4) is 11.8 Å². The molecule has 0 saturated carbocycles. The van der Waals surface area contributed by atoms with Gasteiger partial charge in [0.1, 0.15) is 5.75 Å². The van der Waals surface area contributed by atoms with Gasteiger partial charge in [0.05, 0.1) is 16.1 Å². The Morgan fingerprint density at radius 2 is 2.18 bits per heavy atom. The average Bonchev–Trinajstić information content (AvgIpc) is 1.99. The topological polar surface area (TPSA) is 44.0 Å². The summed E-state index contributed by atoms with van der Waals surface area (Å²) in [5.41, 5.74) is 1.34. The molecule has 0 aliphatic heterocycles. The molecule has 2 nitrogen and oxygen atoms in total. The summed E-state index contributed by atoms with van der Waals surface area (Å²) >= 11 is 3.18. The van der Waals surface area contributed by atoms with E-state index in [4.69, 9.17) is 5.26 Å². The fourth-order valence-corrected chi connectivity index (χ4v) is 1.04. The van der Waals surface area contributed by atoms with Gasteiger partial charge in [0.15, 0.2) is 0 Å². The van der Waals surface area contributed by atoms with E-state index in [0.29, 0.717) is 10.0 Å². The Labute approximate surface area is 73.2 Å². The highest BCUT2D eigenvalue weighted by Gasteiger charge is 2.02. The number of aryl methyl sites for hydroxylation is 1. The number of nitriles is 1. The second-order valence-corrected chi connectivity index (χ2v) is 3.03. The lowest BCUT2D eigenvalue weighted by Gasteiger charge is -2.00. The third-order valence-corrected chi connectivity index (χ3v) is 2.40. The third kappa shape index (κ3) is 1.52. The van der Waals surface area contributed by atoms with E-state index in [1.807, 2.05) is 13.0 Å². The molecule has 3 heteroatoms. The van der Waals surface area contributed by atoms with Gasteiger partial charge >= 0.3 is 0 Å². The van der Waals surface area contributed by atoms with Crippen LogP contribution in [0.3, 0.4) is 0 Å². The molecule has 1 N–H and O–H groups in total. The fourth-order valence-electron chi connectivity index (χ4n) is 0.815. The molecule has 1 rings (SSSR count).